The average Bonchev–Trinajstić information content (AvgIpc) is 3.11. The van der Waals surface area contributed by atoms with Crippen molar-refractivity contribution in [3.8, 4) is 0 Å². The Kier molecular flexibility index (Phi) is 5.01. The number of hydrogen-bond acceptors (Lipinski definition) is 4. The second kappa shape index (κ2) is 7.33. The summed E-state index contributed by atoms with van der Waals surface area (Å²) in [6, 6.07) is 6.48. The Labute approximate surface area is 186 Å². The monoisotopic (exact) mass is 493 g/mol. The number of alkyl halides is 1. The summed E-state index contributed by atoms with van der Waals surface area (Å²) in [5.41, 5.74) is 0.610. The van der Waals surface area contributed by atoms with Crippen molar-refractivity contribution in [1.29, 1.82) is 0 Å². The van der Waals surface area contributed by atoms with E-state index in [0.29, 0.717) is 30.9 Å². The van der Waals surface area contributed by atoms with Gasteiger partial charge in [-0.05, 0) is 80.4 Å². The van der Waals surface area contributed by atoms with Crippen LogP contribution in [0.15, 0.2) is 34.2 Å². The lowest BCUT2D eigenvalue weighted by atomic mass is 9.48. The van der Waals surface area contributed by atoms with Crippen molar-refractivity contribution in [1.82, 2.24) is 4.72 Å². The van der Waals surface area contributed by atoms with Crippen molar-refractivity contribution in [3.05, 3.63) is 24.3 Å². The first-order valence-corrected chi connectivity index (χ1v) is 13.2. The number of nitrogens with zero attached hydrogens (tertiary/aromatic N) is 1. The van der Waals surface area contributed by atoms with Crippen LogP contribution in [0.2, 0.25) is 0 Å². The molecule has 6 nitrogen and oxygen atoms in total. The topological polar surface area (TPSA) is 87.6 Å². The van der Waals surface area contributed by atoms with Crippen molar-refractivity contribution in [2.45, 2.75) is 67.0 Å². The Morgan fingerprint density at radius 1 is 1.20 bits per heavy atom. The van der Waals surface area contributed by atoms with Gasteiger partial charge in [-0.15, -0.1) is 0 Å². The van der Waals surface area contributed by atoms with Gasteiger partial charge < -0.3 is 5.32 Å². The van der Waals surface area contributed by atoms with E-state index >= 15 is 0 Å². The van der Waals surface area contributed by atoms with Crippen LogP contribution in [0.1, 0.15) is 57.8 Å². The van der Waals surface area contributed by atoms with E-state index in [2.05, 4.69) is 31.0 Å². The number of hydrogen-bond donors (Lipinski definition) is 2. The van der Waals surface area contributed by atoms with Crippen LogP contribution in [-0.2, 0) is 14.8 Å². The maximum atomic E-state index is 12.9. The van der Waals surface area contributed by atoms with Gasteiger partial charge in [-0.25, -0.2) is 8.42 Å². The number of carbonyl (C=O) groups is 1. The van der Waals surface area contributed by atoms with Gasteiger partial charge in [0.15, 0.2) is 0 Å². The fourth-order valence-electron chi connectivity index (χ4n) is 6.67. The molecule has 2 atom stereocenters. The molecule has 4 aliphatic carbocycles. The molecule has 1 heterocycles. The number of nitrogens with one attached hydrogen (secondary N) is 2. The minimum atomic E-state index is -3.69. The van der Waals surface area contributed by atoms with Gasteiger partial charge in [0.05, 0.1) is 4.90 Å². The van der Waals surface area contributed by atoms with Gasteiger partial charge in [-0.1, -0.05) is 22.0 Å². The molecular formula is C22H28BrN3O3S. The summed E-state index contributed by atoms with van der Waals surface area (Å²) in [6.45, 7) is 0.660. The molecule has 4 bridgehead atoms. The Balaban J connectivity index is 1.27. The van der Waals surface area contributed by atoms with E-state index in [-0.39, 0.29) is 20.5 Å². The summed E-state index contributed by atoms with van der Waals surface area (Å²) in [7, 11) is -3.69. The zero-order valence-corrected chi connectivity index (χ0v) is 19.4. The number of amides is 1. The Morgan fingerprint density at radius 2 is 1.97 bits per heavy atom. The minimum absolute atomic E-state index is 0.0178. The molecule has 8 heteroatoms. The first kappa shape index (κ1) is 20.5. The lowest BCUT2D eigenvalue weighted by Crippen LogP contribution is -2.53. The maximum Gasteiger partial charge on any atom is 0.262 e. The number of sulfonamides is 1. The molecule has 0 aromatic heterocycles. The molecule has 6 rings (SSSR count). The first-order valence-electron chi connectivity index (χ1n) is 10.9. The molecule has 4 saturated carbocycles. The fourth-order valence-corrected chi connectivity index (χ4v) is 9.31. The van der Waals surface area contributed by atoms with Crippen LogP contribution in [0.25, 0.3) is 0 Å². The predicted octanol–water partition coefficient (Wildman–Crippen LogP) is 4.22. The number of rotatable bonds is 5. The molecule has 1 amide bonds. The number of anilines is 1. The van der Waals surface area contributed by atoms with Gasteiger partial charge in [-0.2, -0.15) is 0 Å². The summed E-state index contributed by atoms with van der Waals surface area (Å²) >= 11 is 4.00. The summed E-state index contributed by atoms with van der Waals surface area (Å²) in [5.74, 6) is 1.96. The zero-order valence-electron chi connectivity index (χ0n) is 17.0. The minimum Gasteiger partial charge on any atom is -0.326 e. The smallest absolute Gasteiger partial charge is 0.262 e. The molecular weight excluding hydrogens is 466 g/mol. The molecule has 0 spiro atoms. The fraction of sp³-hybridized carbons (Fsp3) is 0.636. The molecule has 0 radical (unpaired) electrons. The molecule has 1 aromatic carbocycles. The molecule has 1 aromatic rings. The molecule has 2 N–H and O–H groups in total. The molecule has 162 valence electrons. The number of aliphatic imine (C=N–C) groups is 1. The maximum absolute atomic E-state index is 12.9. The molecule has 0 saturated heterocycles. The summed E-state index contributed by atoms with van der Waals surface area (Å²) < 4.78 is 28.1. The number of carbonyl (C=O) groups excluding carboxylic acids is 1. The second-order valence-electron chi connectivity index (χ2n) is 9.90. The molecule has 1 aliphatic heterocycles. The highest BCUT2D eigenvalue weighted by molar-refractivity contribution is 9.10. The normalized spacial score (nSPS) is 34.6. The van der Waals surface area contributed by atoms with Gasteiger partial charge in [0, 0.05) is 29.4 Å². The second-order valence-corrected chi connectivity index (χ2v) is 13.3. The third-order valence-corrected chi connectivity index (χ3v) is 9.51. The van der Waals surface area contributed by atoms with E-state index in [0.717, 1.165) is 37.5 Å². The van der Waals surface area contributed by atoms with Gasteiger partial charge in [0.25, 0.3) is 10.0 Å². The van der Waals surface area contributed by atoms with Crippen molar-refractivity contribution in [3.63, 3.8) is 0 Å². The highest BCUT2D eigenvalue weighted by Gasteiger charge is 2.57. The van der Waals surface area contributed by atoms with E-state index in [4.69, 9.17) is 0 Å². The highest BCUT2D eigenvalue weighted by atomic mass is 79.9. The van der Waals surface area contributed by atoms with Crippen molar-refractivity contribution in [2.24, 2.45) is 22.2 Å². The number of benzene rings is 1. The van der Waals surface area contributed by atoms with Gasteiger partial charge in [0.1, 0.15) is 5.84 Å². The summed E-state index contributed by atoms with van der Waals surface area (Å²) in [6.07, 6.45) is 9.18. The van der Waals surface area contributed by atoms with Gasteiger partial charge in [0.2, 0.25) is 5.91 Å². The van der Waals surface area contributed by atoms with E-state index in [9.17, 15) is 13.2 Å². The van der Waals surface area contributed by atoms with Crippen LogP contribution >= 0.6 is 15.9 Å². The van der Waals surface area contributed by atoms with Gasteiger partial charge >= 0.3 is 0 Å². The average molecular weight is 494 g/mol. The largest absolute Gasteiger partial charge is 0.326 e. The van der Waals surface area contributed by atoms with Crippen molar-refractivity contribution < 1.29 is 13.2 Å². The summed E-state index contributed by atoms with van der Waals surface area (Å²) in [4.78, 5) is 17.3. The van der Waals surface area contributed by atoms with Crippen LogP contribution in [0, 0.1) is 17.3 Å². The Bertz CT molecular complexity index is 993. The first-order chi connectivity index (χ1) is 14.2. The van der Waals surface area contributed by atoms with Crippen LogP contribution in [0.4, 0.5) is 5.69 Å². The Hall–Kier alpha value is -1.41. The van der Waals surface area contributed by atoms with E-state index in [1.807, 2.05) is 0 Å². The van der Waals surface area contributed by atoms with Crippen molar-refractivity contribution in [2.75, 3.05) is 11.9 Å². The molecule has 4 fully saturated rings. The lowest BCUT2D eigenvalue weighted by Gasteiger charge is -2.60. The zero-order chi connectivity index (χ0) is 21.0. The third kappa shape index (κ3) is 4.05. The van der Waals surface area contributed by atoms with E-state index in [1.165, 1.54) is 25.3 Å². The molecule has 30 heavy (non-hydrogen) atoms. The van der Waals surface area contributed by atoms with Crippen LogP contribution < -0.4 is 10.0 Å². The summed E-state index contributed by atoms with van der Waals surface area (Å²) in [5, 5.41) is 2.96. The van der Waals surface area contributed by atoms with E-state index < -0.39 is 10.0 Å². The Morgan fingerprint density at radius 3 is 2.63 bits per heavy atom. The third-order valence-electron chi connectivity index (χ3n) is 7.20. The standard InChI is InChI=1S/C22H28BrN3O3S/c23-22-11-15-7-16(12-22)10-21(9-15,14-22)13-20(27)25-17-3-1-4-18(8-17)30(28,29)26-19-5-2-6-24-19/h1,3-4,8,15-16H,2,5-7,9-14H2,(H,24,26)(H,25,27)/t15-,16-,21?,22?/m1/s1. The molecule has 0 unspecified atom stereocenters. The SMILES string of the molecule is O=C(CC12C[C@H]3C[C@@H](CC(Br)(C3)C1)C2)Nc1cccc(S(=O)(=O)NC2=NCCC2)c1. The predicted molar refractivity (Wildman–Crippen MR) is 120 cm³/mol. The highest BCUT2D eigenvalue weighted by Crippen LogP contribution is 2.65. The molecule has 5 aliphatic rings. The van der Waals surface area contributed by atoms with Crippen LogP contribution in [-0.4, -0.2) is 31.0 Å². The van der Waals surface area contributed by atoms with Gasteiger partial charge in [-0.3, -0.25) is 14.5 Å². The lowest BCUT2D eigenvalue weighted by molar-refractivity contribution is -0.123. The number of halogens is 1. The quantitative estimate of drug-likeness (QED) is 0.601. The van der Waals surface area contributed by atoms with E-state index in [1.54, 1.807) is 18.2 Å². The number of amidine groups is 1. The van der Waals surface area contributed by atoms with Crippen molar-refractivity contribution >= 4 is 43.4 Å². The van der Waals surface area contributed by atoms with Crippen LogP contribution in [0.5, 0.6) is 0 Å². The van der Waals surface area contributed by atoms with Crippen LogP contribution in [0.3, 0.4) is 0 Å².